The van der Waals surface area contributed by atoms with E-state index in [1.807, 2.05) is 17.9 Å². The van der Waals surface area contributed by atoms with Crippen molar-refractivity contribution < 1.29 is 0 Å². The third-order valence-electron chi connectivity index (χ3n) is 3.40. The van der Waals surface area contributed by atoms with Crippen molar-refractivity contribution in [2.75, 3.05) is 11.4 Å². The van der Waals surface area contributed by atoms with Crippen LogP contribution in [0.4, 0.5) is 5.69 Å². The number of para-hydroxylation sites is 1. The second kappa shape index (κ2) is 4.46. The van der Waals surface area contributed by atoms with Crippen molar-refractivity contribution in [3.8, 4) is 0 Å². The maximum atomic E-state index is 6.14. The molecular weight excluding hydrogens is 224 g/mol. The molecule has 0 amide bonds. The lowest BCUT2D eigenvalue weighted by molar-refractivity contribution is 0.598. The van der Waals surface area contributed by atoms with Crippen LogP contribution >= 0.6 is 0 Å². The lowest BCUT2D eigenvalue weighted by Gasteiger charge is -2.34. The molecule has 0 fully saturated rings. The molecule has 0 bridgehead atoms. The monoisotopic (exact) mass is 242 g/mol. The summed E-state index contributed by atoms with van der Waals surface area (Å²) >= 11 is 0. The van der Waals surface area contributed by atoms with Crippen molar-refractivity contribution in [1.29, 1.82) is 0 Å². The van der Waals surface area contributed by atoms with Crippen LogP contribution in [0.2, 0.25) is 0 Å². The van der Waals surface area contributed by atoms with Crippen LogP contribution < -0.4 is 10.6 Å². The topological polar surface area (TPSA) is 47.1 Å². The first-order chi connectivity index (χ1) is 8.72. The van der Waals surface area contributed by atoms with E-state index in [-0.39, 0.29) is 6.04 Å². The minimum Gasteiger partial charge on any atom is -0.365 e. The first-order valence-electron chi connectivity index (χ1n) is 6.28. The summed E-state index contributed by atoms with van der Waals surface area (Å²) in [5.41, 5.74) is 10.0. The molecule has 4 nitrogen and oxygen atoms in total. The lowest BCUT2D eigenvalue weighted by Crippen LogP contribution is -2.42. The van der Waals surface area contributed by atoms with Crippen molar-refractivity contribution in [3.05, 3.63) is 47.8 Å². The number of nitrogens with zero attached hydrogens (tertiary/aromatic N) is 3. The fourth-order valence-corrected chi connectivity index (χ4v) is 2.64. The third kappa shape index (κ3) is 2.11. The van der Waals surface area contributed by atoms with Gasteiger partial charge in [0.2, 0.25) is 0 Å². The predicted octanol–water partition coefficient (Wildman–Crippen LogP) is 1.31. The zero-order chi connectivity index (χ0) is 12.5. The molecule has 1 aliphatic rings. The van der Waals surface area contributed by atoms with E-state index in [0.29, 0.717) is 0 Å². The molecule has 2 heterocycles. The third-order valence-corrected chi connectivity index (χ3v) is 3.40. The summed E-state index contributed by atoms with van der Waals surface area (Å²) in [6.45, 7) is 1.78. The summed E-state index contributed by atoms with van der Waals surface area (Å²) in [7, 11) is 1.94. The lowest BCUT2D eigenvalue weighted by atomic mass is 9.98. The quantitative estimate of drug-likeness (QED) is 0.863. The van der Waals surface area contributed by atoms with Crippen LogP contribution in [0.15, 0.2) is 36.7 Å². The highest BCUT2D eigenvalue weighted by atomic mass is 15.2. The summed E-state index contributed by atoms with van der Waals surface area (Å²) in [6, 6.07) is 8.74. The number of rotatable bonds is 2. The minimum atomic E-state index is 0.219. The second-order valence-corrected chi connectivity index (χ2v) is 5.00. The van der Waals surface area contributed by atoms with Gasteiger partial charge in [0.25, 0.3) is 0 Å². The van der Waals surface area contributed by atoms with Gasteiger partial charge >= 0.3 is 0 Å². The number of aryl methyl sites for hydroxylation is 1. The van der Waals surface area contributed by atoms with Crippen molar-refractivity contribution >= 4 is 5.69 Å². The second-order valence-electron chi connectivity index (χ2n) is 5.00. The van der Waals surface area contributed by atoms with E-state index in [1.165, 1.54) is 16.8 Å². The molecule has 0 aliphatic carbocycles. The Labute approximate surface area is 107 Å². The molecule has 0 saturated carbocycles. The van der Waals surface area contributed by atoms with E-state index < -0.39 is 0 Å². The Morgan fingerprint density at radius 3 is 3.00 bits per heavy atom. The van der Waals surface area contributed by atoms with Gasteiger partial charge in [-0.3, -0.25) is 4.68 Å². The average molecular weight is 242 g/mol. The molecule has 2 aromatic rings. The molecule has 0 spiro atoms. The number of fused-ring (bicyclic) bond motifs is 1. The molecule has 4 heteroatoms. The van der Waals surface area contributed by atoms with Gasteiger partial charge in [0.15, 0.2) is 0 Å². The maximum Gasteiger partial charge on any atom is 0.0539 e. The molecule has 2 N–H and O–H groups in total. The van der Waals surface area contributed by atoms with Gasteiger partial charge in [0.1, 0.15) is 0 Å². The standard InChI is InChI=1S/C14H18N4/c1-17-8-11(7-16-17)9-18-10-13(15)6-12-4-2-3-5-14(12)18/h2-5,7-8,13H,6,9-10,15H2,1H3. The molecule has 1 aliphatic heterocycles. The molecular formula is C14H18N4. The molecule has 3 rings (SSSR count). The number of nitrogens with two attached hydrogens (primary N) is 1. The van der Waals surface area contributed by atoms with Gasteiger partial charge in [-0.25, -0.2) is 0 Å². The maximum absolute atomic E-state index is 6.14. The van der Waals surface area contributed by atoms with Crippen LogP contribution in [0.1, 0.15) is 11.1 Å². The summed E-state index contributed by atoms with van der Waals surface area (Å²) in [4.78, 5) is 2.35. The molecule has 1 atom stereocenters. The fraction of sp³-hybridized carbons (Fsp3) is 0.357. The first kappa shape index (κ1) is 11.3. The van der Waals surface area contributed by atoms with Crippen molar-refractivity contribution in [2.45, 2.75) is 19.0 Å². The fourth-order valence-electron chi connectivity index (χ4n) is 2.64. The van der Waals surface area contributed by atoms with Crippen LogP contribution in [-0.4, -0.2) is 22.4 Å². The van der Waals surface area contributed by atoms with Gasteiger partial charge in [-0.2, -0.15) is 5.10 Å². The average Bonchev–Trinajstić information content (AvgIpc) is 2.74. The van der Waals surface area contributed by atoms with Gasteiger partial charge in [0.05, 0.1) is 6.20 Å². The predicted molar refractivity (Wildman–Crippen MR) is 72.4 cm³/mol. The van der Waals surface area contributed by atoms with Gasteiger partial charge < -0.3 is 10.6 Å². The molecule has 0 saturated heterocycles. The van der Waals surface area contributed by atoms with E-state index in [4.69, 9.17) is 5.73 Å². The number of hydrogen-bond acceptors (Lipinski definition) is 3. The number of benzene rings is 1. The van der Waals surface area contributed by atoms with Gasteiger partial charge in [0, 0.05) is 43.6 Å². The van der Waals surface area contributed by atoms with Crippen LogP contribution in [0.3, 0.4) is 0 Å². The molecule has 0 radical (unpaired) electrons. The summed E-state index contributed by atoms with van der Waals surface area (Å²) < 4.78 is 1.84. The highest BCUT2D eigenvalue weighted by Gasteiger charge is 2.21. The Balaban J connectivity index is 1.88. The van der Waals surface area contributed by atoms with Gasteiger partial charge in [-0.05, 0) is 18.1 Å². The summed E-state index contributed by atoms with van der Waals surface area (Å²) in [6.07, 6.45) is 4.95. The normalized spacial score (nSPS) is 18.8. The van der Waals surface area contributed by atoms with Gasteiger partial charge in [-0.15, -0.1) is 0 Å². The summed E-state index contributed by atoms with van der Waals surface area (Å²) in [5, 5.41) is 4.22. The van der Waals surface area contributed by atoms with E-state index in [9.17, 15) is 0 Å². The molecule has 1 aromatic heterocycles. The molecule has 1 unspecified atom stereocenters. The smallest absolute Gasteiger partial charge is 0.0539 e. The van der Waals surface area contributed by atoms with E-state index in [0.717, 1.165) is 19.5 Å². The van der Waals surface area contributed by atoms with Crippen LogP contribution in [0.5, 0.6) is 0 Å². The zero-order valence-electron chi connectivity index (χ0n) is 10.6. The molecule has 18 heavy (non-hydrogen) atoms. The van der Waals surface area contributed by atoms with Crippen LogP contribution in [0, 0.1) is 0 Å². The van der Waals surface area contributed by atoms with Crippen molar-refractivity contribution in [2.24, 2.45) is 12.8 Å². The van der Waals surface area contributed by atoms with E-state index in [2.05, 4.69) is 40.5 Å². The Bertz CT molecular complexity index is 546. The SMILES string of the molecule is Cn1cc(CN2CC(N)Cc3ccccc32)cn1. The number of aromatic nitrogens is 2. The minimum absolute atomic E-state index is 0.219. The van der Waals surface area contributed by atoms with Crippen LogP contribution in [0.25, 0.3) is 0 Å². The van der Waals surface area contributed by atoms with E-state index in [1.54, 1.807) is 0 Å². The number of anilines is 1. The van der Waals surface area contributed by atoms with Crippen LogP contribution in [-0.2, 0) is 20.0 Å². The Morgan fingerprint density at radius 1 is 1.39 bits per heavy atom. The highest BCUT2D eigenvalue weighted by molar-refractivity contribution is 5.56. The Kier molecular flexibility index (Phi) is 2.80. The highest BCUT2D eigenvalue weighted by Crippen LogP contribution is 2.27. The Morgan fingerprint density at radius 2 is 2.22 bits per heavy atom. The van der Waals surface area contributed by atoms with Crippen molar-refractivity contribution in [1.82, 2.24) is 9.78 Å². The number of hydrogen-bond donors (Lipinski definition) is 1. The molecule has 94 valence electrons. The van der Waals surface area contributed by atoms with Gasteiger partial charge in [-0.1, -0.05) is 18.2 Å². The Hall–Kier alpha value is -1.81. The summed E-state index contributed by atoms with van der Waals surface area (Å²) in [5.74, 6) is 0. The zero-order valence-corrected chi connectivity index (χ0v) is 10.6. The van der Waals surface area contributed by atoms with E-state index >= 15 is 0 Å². The first-order valence-corrected chi connectivity index (χ1v) is 6.28. The van der Waals surface area contributed by atoms with Crippen molar-refractivity contribution in [3.63, 3.8) is 0 Å². The molecule has 1 aromatic carbocycles. The largest absolute Gasteiger partial charge is 0.365 e.